The third-order valence-electron chi connectivity index (χ3n) is 15.9. The van der Waals surface area contributed by atoms with E-state index in [1.54, 1.807) is 27.7 Å². The maximum atomic E-state index is 12.9. The molecule has 2 aromatic rings. The van der Waals surface area contributed by atoms with Crippen molar-refractivity contribution in [3.05, 3.63) is 56.9 Å². The molecule has 6 atom stereocenters. The summed E-state index contributed by atoms with van der Waals surface area (Å²) in [6.45, 7) is 34.5. The van der Waals surface area contributed by atoms with Crippen molar-refractivity contribution in [1.82, 2.24) is 67.8 Å². The summed E-state index contributed by atoms with van der Waals surface area (Å²) < 4.78 is 42.3. The summed E-state index contributed by atoms with van der Waals surface area (Å²) in [6, 6.07) is 1.64. The number of aryl methyl sites for hydroxylation is 2. The SMILES string of the molecule is C=CC(=O)OCCNC(=O)OC(COC(=O)NCCC(C)(C)CC(C)CNC(=O)OC(C)COC(=O)NCCC(C)(C)CC(C)CNC(=O)Nc1nc(C)cc(=O)[nH]1)COC(=O)NCCC(C)(C)CC(C)CNC(=O)OC(C)COC(=O)NCCC(C)(C)CC(C)CNC(=O)Nc1nc(C)cc(=O)[nH]1. The number of H-pyrrole nitrogens is 2. The average Bonchev–Trinajstić information content (AvgIpc) is 0.898. The fourth-order valence-electron chi connectivity index (χ4n) is 11.2. The quantitative estimate of drug-likeness (QED) is 0.0129. The van der Waals surface area contributed by atoms with Crippen LogP contribution in [0.2, 0.25) is 0 Å². The normalized spacial score (nSPS) is 13.5. The monoisotopic (exact) mass is 1480 g/mol. The fraction of sp³-hybridized carbons (Fsp3) is 0.710. The predicted molar refractivity (Wildman–Crippen MR) is 387 cm³/mol. The second kappa shape index (κ2) is 46.2. The molecule has 588 valence electrons. The minimum atomic E-state index is -1.26. The van der Waals surface area contributed by atoms with Gasteiger partial charge in [0.1, 0.15) is 45.2 Å². The van der Waals surface area contributed by atoms with Crippen molar-refractivity contribution in [2.24, 2.45) is 45.3 Å². The van der Waals surface area contributed by atoms with E-state index in [1.807, 2.05) is 55.4 Å². The number of ether oxygens (including phenoxy) is 8. The van der Waals surface area contributed by atoms with E-state index in [2.05, 4.69) is 113 Å². The number of carbonyl (C=O) groups is 10. The Bertz CT molecular complexity index is 3010. The van der Waals surface area contributed by atoms with E-state index in [1.165, 1.54) is 12.1 Å². The van der Waals surface area contributed by atoms with Crippen LogP contribution >= 0.6 is 0 Å². The van der Waals surface area contributed by atoms with Crippen molar-refractivity contribution >= 4 is 72.6 Å². The van der Waals surface area contributed by atoms with Gasteiger partial charge in [0.15, 0.2) is 6.10 Å². The van der Waals surface area contributed by atoms with Crippen molar-refractivity contribution in [3.63, 3.8) is 0 Å². The molecule has 0 saturated heterocycles. The van der Waals surface area contributed by atoms with Gasteiger partial charge >= 0.3 is 60.7 Å². The van der Waals surface area contributed by atoms with Crippen molar-refractivity contribution < 1.29 is 85.8 Å². The standard InChI is InChI=1S/C69H117N15O20/c1-18-54(87)97-28-27-74-63(94)104-51(41-100-61(92)72-25-21-68(14,15)33-45(4)37-77-64(95)102-49(8)39-98-59(90)70-23-19-66(10,11)31-43(2)35-75-57(88)83-55-79-47(6)29-52(85)81-55)42-101-62(93)73-26-22-69(16,17)34-46(5)38-78-65(96)103-50(9)40-99-60(91)71-24-20-67(12,13)32-44(3)36-76-58(89)84-56-80-48(7)30-53(86)82-56/h18,29-30,43-46,49-51H,1,19-28,31-42H2,2-17H3,(H,70,90)(H,71,91)(H,72,92)(H,73,93)(H,74,94)(H,77,95)(H,78,96)(H3,75,79,81,83,85,88)(H3,76,80,82,84,86,89). The van der Waals surface area contributed by atoms with Gasteiger partial charge in [0.2, 0.25) is 11.9 Å². The highest BCUT2D eigenvalue weighted by Gasteiger charge is 2.28. The lowest BCUT2D eigenvalue weighted by atomic mass is 9.80. The number of aromatic nitrogens is 4. The van der Waals surface area contributed by atoms with Crippen molar-refractivity contribution in [1.29, 1.82) is 0 Å². The molecule has 35 heteroatoms. The molecule has 6 unspecified atom stereocenters. The number of anilines is 2. The van der Waals surface area contributed by atoms with Crippen LogP contribution in [0.15, 0.2) is 34.4 Å². The first-order valence-corrected chi connectivity index (χ1v) is 35.1. The van der Waals surface area contributed by atoms with E-state index in [4.69, 9.17) is 37.9 Å². The summed E-state index contributed by atoms with van der Waals surface area (Å²) in [6.07, 6.45) is -2.19. The molecule has 0 radical (unpaired) electrons. The molecule has 11 amide bonds. The first-order valence-electron chi connectivity index (χ1n) is 35.1. The summed E-state index contributed by atoms with van der Waals surface area (Å²) in [5.41, 5.74) is -0.864. The molecule has 104 heavy (non-hydrogen) atoms. The Balaban J connectivity index is 1.69. The molecule has 0 fully saturated rings. The van der Waals surface area contributed by atoms with E-state index >= 15 is 0 Å². The summed E-state index contributed by atoms with van der Waals surface area (Å²) in [5, 5.41) is 29.3. The van der Waals surface area contributed by atoms with Gasteiger partial charge in [-0.3, -0.25) is 30.2 Å². The van der Waals surface area contributed by atoms with Crippen LogP contribution in [0.1, 0.15) is 160 Å². The summed E-state index contributed by atoms with van der Waals surface area (Å²) in [7, 11) is 0. The second-order valence-electron chi connectivity index (χ2n) is 29.7. The van der Waals surface area contributed by atoms with Gasteiger partial charge in [0.05, 0.1) is 6.54 Å². The van der Waals surface area contributed by atoms with Gasteiger partial charge in [-0.2, -0.15) is 0 Å². The molecule has 2 rings (SSSR count). The van der Waals surface area contributed by atoms with E-state index in [9.17, 15) is 57.5 Å². The molecule has 2 heterocycles. The van der Waals surface area contributed by atoms with Crippen molar-refractivity contribution in [2.45, 2.75) is 180 Å². The summed E-state index contributed by atoms with van der Waals surface area (Å²) >= 11 is 0. The topological polar surface area (TPSA) is 468 Å². The van der Waals surface area contributed by atoms with Crippen LogP contribution in [0.5, 0.6) is 0 Å². The summed E-state index contributed by atoms with van der Waals surface area (Å²) in [5.74, 6) is -0.465. The number of hydrogen-bond acceptors (Lipinski definition) is 22. The van der Waals surface area contributed by atoms with Gasteiger partial charge in [-0.1, -0.05) is 89.7 Å². The zero-order valence-corrected chi connectivity index (χ0v) is 63.6. The average molecular weight is 1480 g/mol. The molecule has 0 aromatic carbocycles. The Morgan fingerprint density at radius 2 is 0.721 bits per heavy atom. The fourth-order valence-corrected chi connectivity index (χ4v) is 11.2. The van der Waals surface area contributed by atoms with Gasteiger partial charge in [-0.25, -0.2) is 57.9 Å². The summed E-state index contributed by atoms with van der Waals surface area (Å²) in [4.78, 5) is 161. The van der Waals surface area contributed by atoms with E-state index in [0.29, 0.717) is 76.1 Å². The number of nitrogens with zero attached hydrogens (tertiary/aromatic N) is 2. The Hall–Kier alpha value is -9.60. The number of alkyl carbamates (subject to hydrolysis) is 7. The molecule has 0 spiro atoms. The van der Waals surface area contributed by atoms with Crippen molar-refractivity contribution in [3.8, 4) is 0 Å². The van der Waals surface area contributed by atoms with Crippen LogP contribution in [0.4, 0.5) is 55.0 Å². The molecule has 2 aromatic heterocycles. The molecule has 0 aliphatic carbocycles. The molecule has 0 bridgehead atoms. The number of esters is 1. The zero-order valence-electron chi connectivity index (χ0n) is 63.6. The number of nitrogens with one attached hydrogen (secondary N) is 13. The number of hydrogen-bond donors (Lipinski definition) is 13. The number of aromatic amines is 2. The number of amides is 11. The van der Waals surface area contributed by atoms with Gasteiger partial charge in [0.25, 0.3) is 11.1 Å². The van der Waals surface area contributed by atoms with Gasteiger partial charge in [-0.05, 0) is 124 Å². The predicted octanol–water partition coefficient (Wildman–Crippen LogP) is 8.14. The zero-order chi connectivity index (χ0) is 78.2. The van der Waals surface area contributed by atoms with Crippen LogP contribution in [-0.4, -0.2) is 191 Å². The van der Waals surface area contributed by atoms with Gasteiger partial charge < -0.3 is 85.7 Å². The second-order valence-corrected chi connectivity index (χ2v) is 29.7. The maximum absolute atomic E-state index is 12.9. The van der Waals surface area contributed by atoms with Crippen LogP contribution in [0, 0.1) is 59.2 Å². The van der Waals surface area contributed by atoms with Gasteiger partial charge in [-0.15, -0.1) is 0 Å². The molecule has 0 aliphatic rings. The van der Waals surface area contributed by atoms with Crippen LogP contribution in [0.3, 0.4) is 0 Å². The lowest BCUT2D eigenvalue weighted by Crippen LogP contribution is -2.39. The lowest BCUT2D eigenvalue weighted by molar-refractivity contribution is -0.137. The smallest absolute Gasteiger partial charge is 0.407 e. The molecule has 0 aliphatic heterocycles. The first-order chi connectivity index (χ1) is 48.6. The Morgan fingerprint density at radius 1 is 0.423 bits per heavy atom. The third kappa shape index (κ3) is 44.7. The van der Waals surface area contributed by atoms with E-state index in [0.717, 1.165) is 18.9 Å². The molecule has 0 saturated carbocycles. The molecular formula is C69H117N15O20. The third-order valence-corrected chi connectivity index (χ3v) is 15.9. The van der Waals surface area contributed by atoms with E-state index < -0.39 is 92.2 Å². The van der Waals surface area contributed by atoms with Crippen LogP contribution in [-0.2, 0) is 42.7 Å². The Morgan fingerprint density at radius 3 is 1.04 bits per heavy atom. The Kier molecular flexibility index (Phi) is 40.2. The van der Waals surface area contributed by atoms with Crippen molar-refractivity contribution in [2.75, 3.05) is 103 Å². The first kappa shape index (κ1) is 90.5. The highest BCUT2D eigenvalue weighted by atomic mass is 16.6. The lowest BCUT2D eigenvalue weighted by Gasteiger charge is -2.28. The van der Waals surface area contributed by atoms with Gasteiger partial charge in [0, 0.05) is 82.0 Å². The van der Waals surface area contributed by atoms with E-state index in [-0.39, 0.29) is 121 Å². The molecule has 35 nitrogen and oxygen atoms in total. The largest absolute Gasteiger partial charge is 0.461 e. The number of rotatable bonds is 45. The minimum absolute atomic E-state index is 0.0217. The highest BCUT2D eigenvalue weighted by Crippen LogP contribution is 2.32. The number of carbonyl (C=O) groups excluding carboxylic acids is 10. The van der Waals surface area contributed by atoms with Crippen LogP contribution in [0.25, 0.3) is 0 Å². The highest BCUT2D eigenvalue weighted by molar-refractivity contribution is 5.87. The Labute approximate surface area is 609 Å². The maximum Gasteiger partial charge on any atom is 0.407 e. The molecule has 13 N–H and O–H groups in total. The van der Waals surface area contributed by atoms with Crippen LogP contribution < -0.4 is 69.6 Å². The minimum Gasteiger partial charge on any atom is -0.461 e. The number of urea groups is 2. The molecular weight excluding hydrogens is 1360 g/mol.